The number of aryl methyl sites for hydroxylation is 1. The summed E-state index contributed by atoms with van der Waals surface area (Å²) in [6.45, 7) is 1.43. The van der Waals surface area contributed by atoms with Crippen molar-refractivity contribution in [2.45, 2.75) is 6.92 Å². The average Bonchev–Trinajstić information content (AvgIpc) is 2.73. The second kappa shape index (κ2) is 11.7. The van der Waals surface area contributed by atoms with Crippen molar-refractivity contribution in [1.29, 1.82) is 5.26 Å². The maximum Gasteiger partial charge on any atom is 0.342 e. The van der Waals surface area contributed by atoms with Crippen LogP contribution in [0.25, 0.3) is 0 Å². The first-order valence-corrected chi connectivity index (χ1v) is 11.6. The lowest BCUT2D eigenvalue weighted by Gasteiger charge is -2.10. The van der Waals surface area contributed by atoms with Gasteiger partial charge in [-0.05, 0) is 88.5 Å². The number of nitrogens with zero attached hydrogens (tertiary/aromatic N) is 2. The number of ether oxygens (including phenoxy) is 1. The van der Waals surface area contributed by atoms with E-state index in [1.54, 1.807) is 18.2 Å². The molecule has 0 aromatic heterocycles. The van der Waals surface area contributed by atoms with Crippen LogP contribution < -0.4 is 4.74 Å². The zero-order valence-electron chi connectivity index (χ0n) is 16.5. The number of hydrogen-bond donors (Lipinski definition) is 2. The summed E-state index contributed by atoms with van der Waals surface area (Å²) >= 11 is 15.7. The fourth-order valence-corrected chi connectivity index (χ4v) is 4.74. The Kier molecular flexibility index (Phi) is 9.53. The summed E-state index contributed by atoms with van der Waals surface area (Å²) in [5.74, 6) is -0.770. The number of phenols is 1. The molecular weight excluding hydrogens is 701 g/mol. The van der Waals surface area contributed by atoms with Crippen LogP contribution in [0.2, 0.25) is 10.0 Å². The molecule has 3 aromatic carbocycles. The first-order valence-electron chi connectivity index (χ1n) is 8.68. The van der Waals surface area contributed by atoms with Crippen molar-refractivity contribution >= 4 is 80.0 Å². The molecule has 0 fully saturated rings. The average molecular weight is 713 g/mol. The van der Waals surface area contributed by atoms with Crippen molar-refractivity contribution in [2.24, 2.45) is 0 Å². The van der Waals surface area contributed by atoms with Crippen LogP contribution in [0.15, 0.2) is 42.5 Å². The molecule has 0 radical (unpaired) electrons. The Hall–Kier alpha value is -2.34. The Labute approximate surface area is 225 Å². The molecule has 8 nitrogen and oxygen atoms in total. The Balaban J connectivity index is 0.000000294. The highest BCUT2D eigenvalue weighted by atomic mass is 127. The lowest BCUT2D eigenvalue weighted by Crippen LogP contribution is -2.05. The SMILES string of the molecule is Cc1cc(Oc2ccc(Cl)cc2Cl)cc(C(=O)O)c1[N+](=O)[O-].N#Cc1cc(I)c(O)c(I)c1. The van der Waals surface area contributed by atoms with Gasteiger partial charge in [-0.25, -0.2) is 4.79 Å². The van der Waals surface area contributed by atoms with Gasteiger partial charge in [-0.15, -0.1) is 0 Å². The van der Waals surface area contributed by atoms with Crippen LogP contribution in [-0.2, 0) is 0 Å². The molecule has 0 aliphatic carbocycles. The molecule has 0 unspecified atom stereocenters. The highest BCUT2D eigenvalue weighted by molar-refractivity contribution is 14.1. The van der Waals surface area contributed by atoms with Crippen LogP contribution in [0, 0.1) is 35.5 Å². The van der Waals surface area contributed by atoms with Crippen molar-refractivity contribution in [1.82, 2.24) is 0 Å². The monoisotopic (exact) mass is 712 g/mol. The zero-order chi connectivity index (χ0) is 24.9. The van der Waals surface area contributed by atoms with Crippen LogP contribution in [0.5, 0.6) is 17.2 Å². The molecule has 0 saturated heterocycles. The summed E-state index contributed by atoms with van der Waals surface area (Å²) in [5.41, 5.74) is -0.172. The molecule has 33 heavy (non-hydrogen) atoms. The van der Waals surface area contributed by atoms with Gasteiger partial charge in [0.2, 0.25) is 0 Å². The predicted molar refractivity (Wildman–Crippen MR) is 140 cm³/mol. The van der Waals surface area contributed by atoms with Gasteiger partial charge in [0.15, 0.2) is 0 Å². The van der Waals surface area contributed by atoms with E-state index in [-0.39, 0.29) is 27.8 Å². The molecular formula is C21H12Cl2I2N2O6. The van der Waals surface area contributed by atoms with Gasteiger partial charge in [0.05, 0.1) is 28.7 Å². The minimum absolute atomic E-state index is 0.129. The number of phenolic OH excluding ortho intramolecular Hbond substituents is 1. The van der Waals surface area contributed by atoms with E-state index in [0.29, 0.717) is 17.7 Å². The van der Waals surface area contributed by atoms with Crippen molar-refractivity contribution < 1.29 is 24.7 Å². The molecule has 3 aromatic rings. The fourth-order valence-electron chi connectivity index (χ4n) is 2.53. The van der Waals surface area contributed by atoms with E-state index in [4.69, 9.17) is 38.3 Å². The predicted octanol–water partition coefficient (Wildman–Crippen LogP) is 7.17. The highest BCUT2D eigenvalue weighted by Crippen LogP contribution is 2.35. The largest absolute Gasteiger partial charge is 0.506 e. The number of carbonyl (C=O) groups is 1. The van der Waals surface area contributed by atoms with E-state index in [2.05, 4.69) is 0 Å². The van der Waals surface area contributed by atoms with E-state index in [1.807, 2.05) is 51.3 Å². The maximum absolute atomic E-state index is 11.2. The normalized spacial score (nSPS) is 9.94. The third kappa shape index (κ3) is 7.07. The Morgan fingerprint density at radius 2 is 1.76 bits per heavy atom. The molecule has 0 aliphatic rings. The molecule has 0 spiro atoms. The first-order chi connectivity index (χ1) is 15.4. The molecule has 170 valence electrons. The smallest absolute Gasteiger partial charge is 0.342 e. The lowest BCUT2D eigenvalue weighted by molar-refractivity contribution is -0.385. The van der Waals surface area contributed by atoms with Crippen molar-refractivity contribution in [3.05, 3.63) is 86.5 Å². The summed E-state index contributed by atoms with van der Waals surface area (Å²) < 4.78 is 6.92. The van der Waals surface area contributed by atoms with Gasteiger partial charge in [0.25, 0.3) is 5.69 Å². The van der Waals surface area contributed by atoms with Gasteiger partial charge in [-0.1, -0.05) is 23.2 Å². The second-order valence-electron chi connectivity index (χ2n) is 6.28. The highest BCUT2D eigenvalue weighted by Gasteiger charge is 2.24. The topological polar surface area (TPSA) is 134 Å². The summed E-state index contributed by atoms with van der Waals surface area (Å²) in [6, 6.07) is 12.3. The van der Waals surface area contributed by atoms with Gasteiger partial charge in [-0.2, -0.15) is 5.26 Å². The van der Waals surface area contributed by atoms with Gasteiger partial charge in [0, 0.05) is 16.7 Å². The zero-order valence-corrected chi connectivity index (χ0v) is 22.3. The minimum Gasteiger partial charge on any atom is -0.506 e. The number of nitro benzene ring substituents is 1. The van der Waals surface area contributed by atoms with Gasteiger partial charge >= 0.3 is 5.97 Å². The first kappa shape index (κ1) is 26.9. The van der Waals surface area contributed by atoms with Crippen molar-refractivity contribution in [2.75, 3.05) is 0 Å². The summed E-state index contributed by atoms with van der Waals surface area (Å²) in [7, 11) is 0. The molecule has 2 N–H and O–H groups in total. The summed E-state index contributed by atoms with van der Waals surface area (Å²) in [5, 5.41) is 38.6. The number of rotatable bonds is 4. The minimum atomic E-state index is -1.41. The molecule has 0 atom stereocenters. The molecule has 12 heteroatoms. The molecule has 0 heterocycles. The number of hydrogen-bond acceptors (Lipinski definition) is 6. The van der Waals surface area contributed by atoms with Crippen LogP contribution in [0.4, 0.5) is 5.69 Å². The molecule has 0 aliphatic heterocycles. The van der Waals surface area contributed by atoms with Crippen LogP contribution in [-0.4, -0.2) is 21.1 Å². The van der Waals surface area contributed by atoms with Crippen LogP contribution in [0.3, 0.4) is 0 Å². The Bertz CT molecular complexity index is 1270. The van der Waals surface area contributed by atoms with Gasteiger partial charge in [0.1, 0.15) is 22.8 Å². The third-order valence-electron chi connectivity index (χ3n) is 3.95. The number of nitro groups is 1. The second-order valence-corrected chi connectivity index (χ2v) is 9.44. The fraction of sp³-hybridized carbons (Fsp3) is 0.0476. The number of nitriles is 1. The van der Waals surface area contributed by atoms with Crippen molar-refractivity contribution in [3.63, 3.8) is 0 Å². The van der Waals surface area contributed by atoms with Crippen molar-refractivity contribution in [3.8, 4) is 23.3 Å². The summed E-state index contributed by atoms with van der Waals surface area (Å²) in [6.07, 6.45) is 0. The number of aromatic carboxylic acids is 1. The Morgan fingerprint density at radius 3 is 2.24 bits per heavy atom. The van der Waals surface area contributed by atoms with Gasteiger partial charge in [-0.3, -0.25) is 10.1 Å². The molecule has 0 saturated carbocycles. The van der Waals surface area contributed by atoms with E-state index >= 15 is 0 Å². The molecule has 3 rings (SSSR count). The molecule has 0 bridgehead atoms. The number of carboxylic acid groups (broad SMARTS) is 1. The standard InChI is InChI=1S/C14H9Cl2NO5.C7H3I2NO/c1-7-4-9(6-10(14(18)19)13(7)17(20)21)22-12-3-2-8(15)5-11(12)16;8-5-1-4(3-10)2-6(9)7(5)11/h2-6H,1H3,(H,18,19);1-2,11H. The van der Waals surface area contributed by atoms with Crippen LogP contribution >= 0.6 is 68.4 Å². The Morgan fingerprint density at radius 1 is 1.15 bits per heavy atom. The number of halogens is 4. The number of carboxylic acids is 1. The van der Waals surface area contributed by atoms with Gasteiger partial charge < -0.3 is 14.9 Å². The van der Waals surface area contributed by atoms with E-state index in [1.165, 1.54) is 25.1 Å². The van der Waals surface area contributed by atoms with E-state index < -0.39 is 22.1 Å². The number of benzene rings is 3. The summed E-state index contributed by atoms with van der Waals surface area (Å²) in [4.78, 5) is 21.4. The van der Waals surface area contributed by atoms with E-state index in [0.717, 1.165) is 6.07 Å². The molecule has 0 amide bonds. The van der Waals surface area contributed by atoms with Crippen LogP contribution in [0.1, 0.15) is 21.5 Å². The quantitative estimate of drug-likeness (QED) is 0.166. The maximum atomic E-state index is 11.2. The number of aromatic hydroxyl groups is 1. The lowest BCUT2D eigenvalue weighted by atomic mass is 10.1. The van der Waals surface area contributed by atoms with E-state index in [9.17, 15) is 20.0 Å². The third-order valence-corrected chi connectivity index (χ3v) is 6.13.